The van der Waals surface area contributed by atoms with Crippen LogP contribution in [0.15, 0.2) is 60.0 Å². The number of allylic oxidation sites excluding steroid dienone is 1. The average Bonchev–Trinajstić information content (AvgIpc) is 2.40. The van der Waals surface area contributed by atoms with Crippen LogP contribution in [0.4, 0.5) is 0 Å². The third-order valence-corrected chi connectivity index (χ3v) is 2.94. The summed E-state index contributed by atoms with van der Waals surface area (Å²) in [4.78, 5) is 7.95. The second kappa shape index (κ2) is 10.7. The summed E-state index contributed by atoms with van der Waals surface area (Å²) < 4.78 is 31.0. The minimum atomic E-state index is -4.13. The molecule has 0 atom stereocenters. The second-order valence-electron chi connectivity index (χ2n) is 3.24. The first-order valence-corrected chi connectivity index (χ1v) is 6.59. The van der Waals surface area contributed by atoms with E-state index in [1.807, 2.05) is 12.9 Å². The number of rotatable bonds is 1. The maximum Gasteiger partial charge on any atom is 1.00 e. The smallest absolute Gasteiger partial charge is 0.307 e. The van der Waals surface area contributed by atoms with Crippen molar-refractivity contribution in [1.29, 1.82) is 0 Å². The molecule has 0 saturated heterocycles. The van der Waals surface area contributed by atoms with E-state index in [1.165, 1.54) is 12.1 Å². The normalized spacial score (nSPS) is 9.05. The number of carbonyl (C=O) groups excluding carboxylic acids is 1. The molecule has 0 aliphatic rings. The van der Waals surface area contributed by atoms with Gasteiger partial charge in [-0.05, 0) is 11.5 Å². The van der Waals surface area contributed by atoms with Gasteiger partial charge in [0.15, 0.2) is 0 Å². The van der Waals surface area contributed by atoms with E-state index in [9.17, 15) is 8.42 Å². The number of benzene rings is 2. The molecule has 2 aromatic rings. The van der Waals surface area contributed by atoms with Gasteiger partial charge in [-0.2, -0.15) is 8.42 Å². The number of carbonyl (C=O) groups is 1. The van der Waals surface area contributed by atoms with E-state index in [1.54, 1.807) is 30.3 Å². The van der Waals surface area contributed by atoms with Gasteiger partial charge in [0.1, 0.15) is 11.7 Å². The van der Waals surface area contributed by atoms with Gasteiger partial charge in [-0.25, -0.2) is 19.6 Å². The van der Waals surface area contributed by atoms with Crippen molar-refractivity contribution in [1.82, 2.24) is 0 Å². The van der Waals surface area contributed by atoms with Crippen LogP contribution in [0.25, 0.3) is 10.8 Å². The van der Waals surface area contributed by atoms with E-state index in [2.05, 4.69) is 13.5 Å². The van der Waals surface area contributed by atoms with Crippen LogP contribution in [0.3, 0.4) is 0 Å². The third kappa shape index (κ3) is 6.36. The fourth-order valence-electron chi connectivity index (χ4n) is 1.42. The zero-order chi connectivity index (χ0) is 14.9. The van der Waals surface area contributed by atoms with E-state index in [4.69, 9.17) is 9.35 Å². The van der Waals surface area contributed by atoms with Crippen LogP contribution in [0, 0.1) is 6.92 Å². The molecule has 0 unspecified atom stereocenters. The van der Waals surface area contributed by atoms with Crippen molar-refractivity contribution in [3.8, 4) is 0 Å². The average molecular weight is 302 g/mol. The minimum absolute atomic E-state index is 0. The first-order chi connectivity index (χ1) is 9.00. The van der Waals surface area contributed by atoms with Gasteiger partial charge in [0.05, 0.1) is 0 Å². The molecular formula is C14H15NaO4S. The molecule has 0 bridgehead atoms. The van der Waals surface area contributed by atoms with Crippen LogP contribution in [-0.4, -0.2) is 19.8 Å². The van der Waals surface area contributed by atoms with Gasteiger partial charge >= 0.3 is 29.6 Å². The molecule has 0 heterocycles. The van der Waals surface area contributed by atoms with Crippen LogP contribution < -0.4 is 29.6 Å². The van der Waals surface area contributed by atoms with Crippen LogP contribution in [-0.2, 0) is 14.9 Å². The molecule has 0 aromatic heterocycles. The SMILES string of the molecule is C=C[CH2-].C=O.O=S(=O)(O)c1cccc2ccccc12.[Na+]. The number of hydrogen-bond acceptors (Lipinski definition) is 3. The van der Waals surface area contributed by atoms with Crippen LogP contribution in [0.5, 0.6) is 0 Å². The first kappa shape index (κ1) is 21.2. The summed E-state index contributed by atoms with van der Waals surface area (Å²) >= 11 is 0. The Morgan fingerprint density at radius 1 is 1.05 bits per heavy atom. The molecular weight excluding hydrogens is 287 g/mol. The molecule has 0 radical (unpaired) electrons. The van der Waals surface area contributed by atoms with E-state index < -0.39 is 10.1 Å². The quantitative estimate of drug-likeness (QED) is 0.454. The minimum Gasteiger partial charge on any atom is -0.307 e. The predicted molar refractivity (Wildman–Crippen MR) is 76.4 cm³/mol. The largest absolute Gasteiger partial charge is 1.00 e. The maximum atomic E-state index is 11.0. The molecule has 4 nitrogen and oxygen atoms in total. The summed E-state index contributed by atoms with van der Waals surface area (Å²) in [6.45, 7) is 8.50. The van der Waals surface area contributed by atoms with Crippen molar-refractivity contribution >= 4 is 27.7 Å². The van der Waals surface area contributed by atoms with Gasteiger partial charge < -0.3 is 4.79 Å². The Bertz CT molecular complexity index is 633. The van der Waals surface area contributed by atoms with Crippen molar-refractivity contribution in [2.45, 2.75) is 4.90 Å². The Morgan fingerprint density at radius 3 is 2.00 bits per heavy atom. The van der Waals surface area contributed by atoms with Crippen molar-refractivity contribution in [3.63, 3.8) is 0 Å². The fourth-order valence-corrected chi connectivity index (χ4v) is 2.13. The summed E-state index contributed by atoms with van der Waals surface area (Å²) in [7, 11) is -4.13. The Hall–Kier alpha value is -1.11. The first-order valence-electron chi connectivity index (χ1n) is 5.15. The van der Waals surface area contributed by atoms with Gasteiger partial charge in [-0.15, -0.1) is 0 Å². The standard InChI is InChI=1S/C10H8O3S.C3H5.CH2O.Na/c11-14(12,13)10-7-3-5-8-4-1-2-6-9(8)10;1-3-2;1-2;/h1-7H,(H,11,12,13);3H,1-2H2;1H2;/q;-1;;+1. The van der Waals surface area contributed by atoms with Crippen molar-refractivity contribution < 1.29 is 47.3 Å². The van der Waals surface area contributed by atoms with Gasteiger partial charge in [0.2, 0.25) is 0 Å². The summed E-state index contributed by atoms with van der Waals surface area (Å²) in [5, 5.41) is 1.33. The van der Waals surface area contributed by atoms with Crippen LogP contribution >= 0.6 is 0 Å². The fraction of sp³-hybridized carbons (Fsp3) is 0. The topological polar surface area (TPSA) is 71.4 Å². The summed E-state index contributed by atoms with van der Waals surface area (Å²) in [6, 6.07) is 11.8. The molecule has 0 fully saturated rings. The number of hydrogen-bond donors (Lipinski definition) is 1. The summed E-state index contributed by atoms with van der Waals surface area (Å²) in [5.74, 6) is 0. The Labute approximate surface area is 141 Å². The van der Waals surface area contributed by atoms with Gasteiger partial charge in [-0.3, -0.25) is 4.55 Å². The van der Waals surface area contributed by atoms with E-state index in [0.29, 0.717) is 5.39 Å². The monoisotopic (exact) mass is 302 g/mol. The molecule has 6 heteroatoms. The molecule has 0 amide bonds. The molecule has 0 saturated carbocycles. The van der Waals surface area contributed by atoms with Crippen molar-refractivity contribution in [2.24, 2.45) is 0 Å². The maximum absolute atomic E-state index is 11.0. The summed E-state index contributed by atoms with van der Waals surface area (Å²) in [5.41, 5.74) is 0. The molecule has 1 N–H and O–H groups in total. The van der Waals surface area contributed by atoms with E-state index in [0.717, 1.165) is 5.39 Å². The molecule has 2 rings (SSSR count). The Morgan fingerprint density at radius 2 is 1.50 bits per heavy atom. The van der Waals surface area contributed by atoms with Crippen LogP contribution in [0.2, 0.25) is 0 Å². The number of fused-ring (bicyclic) bond motifs is 1. The Balaban J connectivity index is 0. The van der Waals surface area contributed by atoms with Crippen molar-refractivity contribution in [3.05, 3.63) is 62.0 Å². The predicted octanol–water partition coefficient (Wildman–Crippen LogP) is -0.0879. The van der Waals surface area contributed by atoms with E-state index in [-0.39, 0.29) is 34.5 Å². The molecule has 102 valence electrons. The third-order valence-electron chi connectivity index (χ3n) is 2.03. The van der Waals surface area contributed by atoms with Crippen molar-refractivity contribution in [2.75, 3.05) is 0 Å². The molecule has 0 aliphatic heterocycles. The zero-order valence-electron chi connectivity index (χ0n) is 11.3. The van der Waals surface area contributed by atoms with Crippen LogP contribution in [0.1, 0.15) is 0 Å². The molecule has 0 aliphatic carbocycles. The Kier molecular flexibility index (Phi) is 11.3. The van der Waals surface area contributed by atoms with Gasteiger partial charge in [0.25, 0.3) is 10.1 Å². The molecule has 20 heavy (non-hydrogen) atoms. The van der Waals surface area contributed by atoms with Gasteiger partial charge in [-0.1, -0.05) is 36.4 Å². The molecule has 0 spiro atoms. The van der Waals surface area contributed by atoms with Gasteiger partial charge in [0, 0.05) is 5.39 Å². The zero-order valence-corrected chi connectivity index (χ0v) is 14.1. The molecule has 2 aromatic carbocycles. The van der Waals surface area contributed by atoms with E-state index >= 15 is 0 Å². The summed E-state index contributed by atoms with van der Waals surface area (Å²) in [6.07, 6.45) is 1.50. The second-order valence-corrected chi connectivity index (χ2v) is 4.63.